The fraction of sp³-hybridized carbons (Fsp3) is 0.538. The molecule has 0 bridgehead atoms. The number of thiophene rings is 1. The van der Waals surface area contributed by atoms with Gasteiger partial charge in [-0.1, -0.05) is 0 Å². The summed E-state index contributed by atoms with van der Waals surface area (Å²) in [6.45, 7) is 3.14. The van der Waals surface area contributed by atoms with Gasteiger partial charge in [0.1, 0.15) is 4.88 Å². The number of rotatable bonds is 3. The highest BCUT2D eigenvalue weighted by Gasteiger charge is 2.35. The summed E-state index contributed by atoms with van der Waals surface area (Å²) in [5.41, 5.74) is 0.885. The highest BCUT2D eigenvalue weighted by atomic mass is 32.1. The Morgan fingerprint density at radius 3 is 3.11 bits per heavy atom. The highest BCUT2D eigenvalue weighted by Crippen LogP contribution is 2.25. The van der Waals surface area contributed by atoms with Crippen molar-refractivity contribution in [2.45, 2.75) is 25.4 Å². The van der Waals surface area contributed by atoms with Gasteiger partial charge in [-0.15, -0.1) is 11.3 Å². The lowest BCUT2D eigenvalue weighted by Crippen LogP contribution is -2.51. The van der Waals surface area contributed by atoms with Gasteiger partial charge in [0.25, 0.3) is 0 Å². The monoisotopic (exact) mass is 280 g/mol. The third-order valence-electron chi connectivity index (χ3n) is 3.91. The van der Waals surface area contributed by atoms with Crippen LogP contribution in [-0.2, 0) is 11.3 Å². The maximum absolute atomic E-state index is 11.6. The third kappa shape index (κ3) is 2.37. The van der Waals surface area contributed by atoms with Crippen molar-refractivity contribution < 1.29 is 14.7 Å². The van der Waals surface area contributed by atoms with E-state index in [1.165, 1.54) is 11.3 Å². The predicted molar refractivity (Wildman–Crippen MR) is 71.3 cm³/mol. The molecule has 6 heteroatoms. The van der Waals surface area contributed by atoms with Crippen LogP contribution in [0.2, 0.25) is 0 Å². The minimum atomic E-state index is -0.848. The van der Waals surface area contributed by atoms with Crippen LogP contribution in [0.15, 0.2) is 11.4 Å². The first-order chi connectivity index (χ1) is 9.15. The summed E-state index contributed by atoms with van der Waals surface area (Å²) in [5, 5.41) is 10.9. The van der Waals surface area contributed by atoms with E-state index in [0.29, 0.717) is 23.9 Å². The summed E-state index contributed by atoms with van der Waals surface area (Å²) >= 11 is 1.28. The fourth-order valence-corrected chi connectivity index (χ4v) is 3.71. The number of carbonyl (C=O) groups is 2. The van der Waals surface area contributed by atoms with Gasteiger partial charge >= 0.3 is 5.97 Å². The fourth-order valence-electron chi connectivity index (χ4n) is 2.96. The van der Waals surface area contributed by atoms with E-state index in [1.54, 1.807) is 0 Å². The minimum absolute atomic E-state index is 0.270. The second-order valence-electron chi connectivity index (χ2n) is 5.09. The van der Waals surface area contributed by atoms with Crippen LogP contribution in [0.1, 0.15) is 28.1 Å². The first-order valence-corrected chi connectivity index (χ1v) is 7.34. The Morgan fingerprint density at radius 2 is 2.32 bits per heavy atom. The molecule has 0 aromatic carbocycles. The summed E-state index contributed by atoms with van der Waals surface area (Å²) in [7, 11) is 0. The molecule has 0 radical (unpaired) electrons. The van der Waals surface area contributed by atoms with E-state index < -0.39 is 5.97 Å². The topological polar surface area (TPSA) is 60.9 Å². The van der Waals surface area contributed by atoms with Crippen LogP contribution in [0.4, 0.5) is 0 Å². The lowest BCUT2D eigenvalue weighted by atomic mass is 10.1. The molecular weight excluding hydrogens is 264 g/mol. The molecule has 19 heavy (non-hydrogen) atoms. The lowest BCUT2D eigenvalue weighted by Gasteiger charge is -2.37. The Balaban J connectivity index is 1.67. The molecule has 0 spiro atoms. The molecule has 2 fully saturated rings. The number of hydrogen-bond donors (Lipinski definition) is 1. The number of nitrogens with zero attached hydrogens (tertiary/aromatic N) is 2. The van der Waals surface area contributed by atoms with Crippen molar-refractivity contribution in [2.75, 3.05) is 19.6 Å². The predicted octanol–water partition coefficient (Wildman–Crippen LogP) is 1.25. The van der Waals surface area contributed by atoms with Crippen molar-refractivity contribution >= 4 is 23.2 Å². The minimum Gasteiger partial charge on any atom is -0.477 e. The van der Waals surface area contributed by atoms with Crippen molar-refractivity contribution in [3.8, 4) is 0 Å². The van der Waals surface area contributed by atoms with Crippen LogP contribution >= 0.6 is 11.3 Å². The number of carboxylic acid groups (broad SMARTS) is 1. The van der Waals surface area contributed by atoms with Gasteiger partial charge in [0.05, 0.1) is 0 Å². The Morgan fingerprint density at radius 1 is 1.47 bits per heavy atom. The van der Waals surface area contributed by atoms with Crippen molar-refractivity contribution in [1.29, 1.82) is 0 Å². The molecular formula is C13H16N2O3S. The molecule has 3 heterocycles. The standard InChI is InChI=1S/C13H16N2O3S/c16-11-2-1-10-8-14(4-5-15(10)11)7-9-3-6-19-12(9)13(17)18/h3,6,10H,1-2,4-5,7-8H2,(H,17,18). The van der Waals surface area contributed by atoms with Crippen LogP contribution in [-0.4, -0.2) is 52.5 Å². The number of carboxylic acids is 1. The molecule has 3 rings (SSSR count). The highest BCUT2D eigenvalue weighted by molar-refractivity contribution is 7.12. The van der Waals surface area contributed by atoms with Crippen LogP contribution < -0.4 is 0 Å². The van der Waals surface area contributed by atoms with Crippen molar-refractivity contribution in [3.05, 3.63) is 21.9 Å². The molecule has 1 aromatic heterocycles. The Kier molecular flexibility index (Phi) is 3.28. The van der Waals surface area contributed by atoms with E-state index in [2.05, 4.69) is 4.90 Å². The van der Waals surface area contributed by atoms with Crippen molar-refractivity contribution in [3.63, 3.8) is 0 Å². The molecule has 1 amide bonds. The van der Waals surface area contributed by atoms with E-state index in [4.69, 9.17) is 5.11 Å². The van der Waals surface area contributed by atoms with Gasteiger partial charge in [0.2, 0.25) is 5.91 Å². The summed E-state index contributed by atoms with van der Waals surface area (Å²) in [5.74, 6) is -0.578. The molecule has 1 unspecified atom stereocenters. The molecule has 2 aliphatic heterocycles. The largest absolute Gasteiger partial charge is 0.477 e. The zero-order chi connectivity index (χ0) is 13.4. The van der Waals surface area contributed by atoms with Crippen molar-refractivity contribution in [2.24, 2.45) is 0 Å². The van der Waals surface area contributed by atoms with Gasteiger partial charge in [-0.05, 0) is 23.4 Å². The van der Waals surface area contributed by atoms with Gasteiger partial charge in [0.15, 0.2) is 0 Å². The molecule has 102 valence electrons. The number of amides is 1. The normalized spacial score (nSPS) is 23.7. The number of hydrogen-bond acceptors (Lipinski definition) is 4. The van der Waals surface area contributed by atoms with Gasteiger partial charge in [-0.25, -0.2) is 4.79 Å². The zero-order valence-electron chi connectivity index (χ0n) is 10.5. The van der Waals surface area contributed by atoms with Crippen LogP contribution in [0, 0.1) is 0 Å². The first-order valence-electron chi connectivity index (χ1n) is 6.46. The number of aromatic carboxylic acids is 1. The summed E-state index contributed by atoms with van der Waals surface area (Å²) in [6, 6.07) is 2.22. The molecule has 5 nitrogen and oxygen atoms in total. The van der Waals surface area contributed by atoms with Crippen LogP contribution in [0.5, 0.6) is 0 Å². The van der Waals surface area contributed by atoms with Gasteiger partial charge < -0.3 is 10.0 Å². The SMILES string of the molecule is O=C(O)c1sccc1CN1CCN2C(=O)CCC2C1. The Labute approximate surface area is 115 Å². The second kappa shape index (κ2) is 4.94. The summed E-state index contributed by atoms with van der Waals surface area (Å²) < 4.78 is 0. The molecule has 2 aliphatic rings. The molecule has 0 aliphatic carbocycles. The third-order valence-corrected chi connectivity index (χ3v) is 4.86. The van der Waals surface area contributed by atoms with Crippen molar-refractivity contribution in [1.82, 2.24) is 9.80 Å². The lowest BCUT2D eigenvalue weighted by molar-refractivity contribution is -0.130. The molecule has 1 N–H and O–H groups in total. The second-order valence-corrected chi connectivity index (χ2v) is 6.01. The van der Waals surface area contributed by atoms with E-state index in [1.807, 2.05) is 16.3 Å². The van der Waals surface area contributed by atoms with E-state index in [9.17, 15) is 9.59 Å². The Bertz CT molecular complexity index is 514. The van der Waals surface area contributed by atoms with E-state index in [-0.39, 0.29) is 5.91 Å². The molecule has 1 aromatic rings. The summed E-state index contributed by atoms with van der Waals surface area (Å²) in [6.07, 6.45) is 1.60. The average Bonchev–Trinajstić information content (AvgIpc) is 2.97. The number of fused-ring (bicyclic) bond motifs is 1. The summed E-state index contributed by atoms with van der Waals surface area (Å²) in [4.78, 5) is 27.4. The van der Waals surface area contributed by atoms with Crippen LogP contribution in [0.25, 0.3) is 0 Å². The zero-order valence-corrected chi connectivity index (χ0v) is 11.4. The maximum Gasteiger partial charge on any atom is 0.346 e. The van der Waals surface area contributed by atoms with Gasteiger partial charge in [-0.2, -0.15) is 0 Å². The van der Waals surface area contributed by atoms with Gasteiger partial charge in [-0.3, -0.25) is 9.69 Å². The smallest absolute Gasteiger partial charge is 0.346 e. The quantitative estimate of drug-likeness (QED) is 0.905. The van der Waals surface area contributed by atoms with Crippen LogP contribution in [0.3, 0.4) is 0 Å². The van der Waals surface area contributed by atoms with E-state index in [0.717, 1.165) is 31.6 Å². The molecule has 0 saturated carbocycles. The first kappa shape index (κ1) is 12.6. The Hall–Kier alpha value is -1.40. The number of carbonyl (C=O) groups excluding carboxylic acids is 1. The van der Waals surface area contributed by atoms with E-state index >= 15 is 0 Å². The maximum atomic E-state index is 11.6. The van der Waals surface area contributed by atoms with Gasteiger partial charge in [0, 0.05) is 38.6 Å². The molecule has 2 saturated heterocycles. The average molecular weight is 280 g/mol. The number of piperazine rings is 1. The molecule has 1 atom stereocenters.